The average molecular weight is 505 g/mol. The van der Waals surface area contributed by atoms with E-state index in [0.717, 1.165) is 34.2 Å². The molecule has 0 unspecified atom stereocenters. The van der Waals surface area contributed by atoms with E-state index in [2.05, 4.69) is 5.32 Å². The zero-order chi connectivity index (χ0) is 26.3. The number of hydrogen-bond donors (Lipinski definition) is 1. The van der Waals surface area contributed by atoms with Crippen LogP contribution in [0.3, 0.4) is 0 Å². The topological polar surface area (TPSA) is 130 Å². The van der Waals surface area contributed by atoms with Gasteiger partial charge in [0, 0.05) is 25.2 Å². The fraction of sp³-hybridized carbons (Fsp3) is 0.417. The van der Waals surface area contributed by atoms with Gasteiger partial charge in [0.15, 0.2) is 0 Å². The molecule has 0 bridgehead atoms. The number of nitrogens with one attached hydrogen (secondary N) is 1. The van der Waals surface area contributed by atoms with Crippen molar-refractivity contribution in [1.82, 2.24) is 10.2 Å². The van der Waals surface area contributed by atoms with Crippen molar-refractivity contribution in [2.45, 2.75) is 46.7 Å². The van der Waals surface area contributed by atoms with Crippen molar-refractivity contribution in [3.63, 3.8) is 0 Å². The molecule has 0 saturated heterocycles. The van der Waals surface area contributed by atoms with Crippen molar-refractivity contribution in [2.75, 3.05) is 23.7 Å². The van der Waals surface area contributed by atoms with Crippen molar-refractivity contribution in [2.24, 2.45) is 0 Å². The van der Waals surface area contributed by atoms with Crippen LogP contribution in [0.5, 0.6) is 0 Å². The highest BCUT2D eigenvalue weighted by Gasteiger charge is 2.31. The Morgan fingerprint density at radius 1 is 1.14 bits per heavy atom. The zero-order valence-electron chi connectivity index (χ0n) is 20.6. The number of benzene rings is 2. The maximum atomic E-state index is 13.5. The molecule has 0 aliphatic rings. The van der Waals surface area contributed by atoms with Gasteiger partial charge in [-0.1, -0.05) is 42.8 Å². The third-order valence-corrected chi connectivity index (χ3v) is 6.63. The molecule has 0 aliphatic heterocycles. The molecule has 1 atom stereocenters. The summed E-state index contributed by atoms with van der Waals surface area (Å²) in [4.78, 5) is 38.2. The number of nitro benzene ring substituents is 1. The van der Waals surface area contributed by atoms with Gasteiger partial charge in [-0.15, -0.1) is 0 Å². The number of nitrogens with zero attached hydrogens (tertiary/aromatic N) is 3. The van der Waals surface area contributed by atoms with Crippen LogP contribution < -0.4 is 9.62 Å². The van der Waals surface area contributed by atoms with Gasteiger partial charge in [-0.25, -0.2) is 8.42 Å². The molecule has 2 aromatic rings. The van der Waals surface area contributed by atoms with E-state index in [4.69, 9.17) is 0 Å². The fourth-order valence-electron chi connectivity index (χ4n) is 3.56. The Kier molecular flexibility index (Phi) is 9.35. The standard InChI is InChI=1S/C24H32N4O6S/c1-6-12-25-24(30)19(4)26(15-20-9-7-8-17(2)13-20)23(29)16-27(35(5,33)34)22-14-21(28(31)32)11-10-18(22)3/h7-11,13-14,19H,6,12,15-16H2,1-5H3,(H,25,30)/t19-/m1/s1. The number of sulfonamides is 1. The minimum atomic E-state index is -3.99. The number of aryl methyl sites for hydroxylation is 2. The lowest BCUT2D eigenvalue weighted by Crippen LogP contribution is -2.51. The summed E-state index contributed by atoms with van der Waals surface area (Å²) in [6.07, 6.45) is 1.65. The van der Waals surface area contributed by atoms with Crippen LogP contribution in [0.2, 0.25) is 0 Å². The van der Waals surface area contributed by atoms with Crippen LogP contribution in [0.25, 0.3) is 0 Å². The molecule has 0 heterocycles. The lowest BCUT2D eigenvalue weighted by atomic mass is 10.1. The number of hydrogen-bond acceptors (Lipinski definition) is 6. The summed E-state index contributed by atoms with van der Waals surface area (Å²) in [6.45, 7) is 6.92. The summed E-state index contributed by atoms with van der Waals surface area (Å²) in [7, 11) is -3.99. The van der Waals surface area contributed by atoms with Crippen molar-refractivity contribution in [1.29, 1.82) is 0 Å². The molecule has 0 saturated carbocycles. The quantitative estimate of drug-likeness (QED) is 0.370. The number of amides is 2. The van der Waals surface area contributed by atoms with E-state index in [0.29, 0.717) is 12.1 Å². The van der Waals surface area contributed by atoms with E-state index >= 15 is 0 Å². The van der Waals surface area contributed by atoms with Gasteiger partial charge in [0.25, 0.3) is 5.69 Å². The Morgan fingerprint density at radius 2 is 1.83 bits per heavy atom. The Hall–Kier alpha value is -3.47. The van der Waals surface area contributed by atoms with Crippen LogP contribution in [0.1, 0.15) is 37.0 Å². The summed E-state index contributed by atoms with van der Waals surface area (Å²) < 4.78 is 26.2. The molecule has 190 valence electrons. The first-order chi connectivity index (χ1) is 16.3. The van der Waals surface area contributed by atoms with E-state index < -0.39 is 33.4 Å². The molecule has 2 amide bonds. The van der Waals surface area contributed by atoms with Gasteiger partial charge in [0.2, 0.25) is 21.8 Å². The second-order valence-electron chi connectivity index (χ2n) is 8.48. The first kappa shape index (κ1) is 27.8. The van der Waals surface area contributed by atoms with Crippen LogP contribution in [-0.2, 0) is 26.2 Å². The summed E-state index contributed by atoms with van der Waals surface area (Å²) in [5.74, 6) is -0.965. The molecule has 0 aromatic heterocycles. The minimum Gasteiger partial charge on any atom is -0.354 e. The summed E-state index contributed by atoms with van der Waals surface area (Å²) in [5.41, 5.74) is 1.95. The highest BCUT2D eigenvalue weighted by atomic mass is 32.2. The molecule has 0 radical (unpaired) electrons. The third-order valence-electron chi connectivity index (χ3n) is 5.50. The number of rotatable bonds is 11. The number of carbonyl (C=O) groups excluding carboxylic acids is 2. The largest absolute Gasteiger partial charge is 0.354 e. The van der Waals surface area contributed by atoms with Crippen molar-refractivity contribution in [3.8, 4) is 0 Å². The molecular weight excluding hydrogens is 472 g/mol. The van der Waals surface area contributed by atoms with Crippen LogP contribution in [0, 0.1) is 24.0 Å². The van der Waals surface area contributed by atoms with E-state index in [1.807, 2.05) is 38.1 Å². The lowest BCUT2D eigenvalue weighted by molar-refractivity contribution is -0.384. The van der Waals surface area contributed by atoms with Gasteiger partial charge in [0.05, 0.1) is 16.9 Å². The molecule has 0 fully saturated rings. The zero-order valence-corrected chi connectivity index (χ0v) is 21.5. The molecule has 35 heavy (non-hydrogen) atoms. The lowest BCUT2D eigenvalue weighted by Gasteiger charge is -2.32. The Labute approximate surface area is 206 Å². The molecule has 2 rings (SSSR count). The van der Waals surface area contributed by atoms with Gasteiger partial charge >= 0.3 is 0 Å². The molecule has 1 N–H and O–H groups in total. The minimum absolute atomic E-state index is 0.0358. The number of anilines is 1. The molecule has 0 aliphatic carbocycles. The SMILES string of the molecule is CCCNC(=O)[C@@H](C)N(Cc1cccc(C)c1)C(=O)CN(c1cc([N+](=O)[O-])ccc1C)S(C)(=O)=O. The average Bonchev–Trinajstić information content (AvgIpc) is 2.78. The maximum Gasteiger partial charge on any atom is 0.271 e. The first-order valence-electron chi connectivity index (χ1n) is 11.2. The van der Waals surface area contributed by atoms with Crippen molar-refractivity contribution in [3.05, 3.63) is 69.3 Å². The molecular formula is C24H32N4O6S. The smallest absolute Gasteiger partial charge is 0.271 e. The van der Waals surface area contributed by atoms with Crippen LogP contribution in [-0.4, -0.2) is 55.4 Å². The van der Waals surface area contributed by atoms with E-state index in [1.165, 1.54) is 17.0 Å². The Morgan fingerprint density at radius 3 is 2.40 bits per heavy atom. The number of non-ortho nitro benzene ring substituents is 1. The van der Waals surface area contributed by atoms with Crippen LogP contribution in [0.15, 0.2) is 42.5 Å². The number of carbonyl (C=O) groups is 2. The molecule has 2 aromatic carbocycles. The summed E-state index contributed by atoms with van der Waals surface area (Å²) >= 11 is 0. The summed E-state index contributed by atoms with van der Waals surface area (Å²) in [6, 6.07) is 10.4. The third kappa shape index (κ3) is 7.51. The fourth-order valence-corrected chi connectivity index (χ4v) is 4.46. The normalized spacial score (nSPS) is 12.0. The Bertz CT molecular complexity index is 1200. The van der Waals surface area contributed by atoms with Crippen molar-refractivity contribution < 1.29 is 22.9 Å². The highest BCUT2D eigenvalue weighted by molar-refractivity contribution is 7.92. The number of nitro groups is 1. The molecule has 11 heteroatoms. The van der Waals surface area contributed by atoms with Gasteiger partial charge in [-0.3, -0.25) is 24.0 Å². The van der Waals surface area contributed by atoms with Gasteiger partial charge < -0.3 is 10.2 Å². The van der Waals surface area contributed by atoms with E-state index in [9.17, 15) is 28.1 Å². The van der Waals surface area contributed by atoms with Crippen LogP contribution in [0.4, 0.5) is 11.4 Å². The van der Waals surface area contributed by atoms with Gasteiger partial charge in [-0.05, 0) is 38.3 Å². The van der Waals surface area contributed by atoms with Gasteiger partial charge in [0.1, 0.15) is 12.6 Å². The maximum absolute atomic E-state index is 13.5. The van der Waals surface area contributed by atoms with E-state index in [-0.39, 0.29) is 23.8 Å². The predicted octanol–water partition coefficient (Wildman–Crippen LogP) is 2.92. The highest BCUT2D eigenvalue weighted by Crippen LogP contribution is 2.28. The van der Waals surface area contributed by atoms with Crippen molar-refractivity contribution >= 4 is 33.2 Å². The second kappa shape index (κ2) is 11.8. The van der Waals surface area contributed by atoms with Crippen LogP contribution >= 0.6 is 0 Å². The summed E-state index contributed by atoms with van der Waals surface area (Å²) in [5, 5.41) is 14.0. The van der Waals surface area contributed by atoms with Gasteiger partial charge in [-0.2, -0.15) is 0 Å². The Balaban J connectivity index is 2.47. The monoisotopic (exact) mass is 504 g/mol. The first-order valence-corrected chi connectivity index (χ1v) is 13.1. The second-order valence-corrected chi connectivity index (χ2v) is 10.4. The van der Waals surface area contributed by atoms with E-state index in [1.54, 1.807) is 13.8 Å². The molecule has 0 spiro atoms. The predicted molar refractivity (Wildman–Crippen MR) is 135 cm³/mol. The molecule has 10 nitrogen and oxygen atoms in total.